The molecule has 0 spiro atoms. The smallest absolute Gasteiger partial charge is 0.243 e. The van der Waals surface area contributed by atoms with Crippen molar-refractivity contribution in [3.8, 4) is 0 Å². The maximum Gasteiger partial charge on any atom is 0.243 e. The second kappa shape index (κ2) is 14.0. The lowest BCUT2D eigenvalue weighted by Gasteiger charge is -2.34. The molecule has 4 rings (SSSR count). The number of benzene rings is 3. The maximum absolute atomic E-state index is 13.8. The molecule has 0 aliphatic heterocycles. The molecule has 0 heterocycles. The number of nitrogens with zero attached hydrogens (tertiary/aromatic N) is 1. The molecule has 0 aromatic heterocycles. The number of carbonyl (C=O) groups excluding carboxylic acids is 2. The third kappa shape index (κ3) is 8.22. The number of hydrogen-bond donors (Lipinski definition) is 1. The zero-order chi connectivity index (χ0) is 25.9. The van der Waals surface area contributed by atoms with Crippen molar-refractivity contribution in [1.29, 1.82) is 0 Å². The zero-order valence-corrected chi connectivity index (χ0v) is 22.6. The predicted octanol–water partition coefficient (Wildman–Crippen LogP) is 6.57. The van der Waals surface area contributed by atoms with Crippen molar-refractivity contribution >= 4 is 23.6 Å². The third-order valence-electron chi connectivity index (χ3n) is 7.15. The summed E-state index contributed by atoms with van der Waals surface area (Å²) in [4.78, 5) is 30.6. The molecule has 0 radical (unpaired) electrons. The Morgan fingerprint density at radius 2 is 1.54 bits per heavy atom. The topological polar surface area (TPSA) is 49.4 Å². The number of thioether (sulfide) groups is 1. The average molecular weight is 515 g/mol. The molecule has 0 saturated heterocycles. The fourth-order valence-electron chi connectivity index (χ4n) is 4.99. The number of carbonyl (C=O) groups is 2. The Kier molecular flexibility index (Phi) is 10.2. The molecule has 1 N–H and O–H groups in total. The molecule has 5 heteroatoms. The van der Waals surface area contributed by atoms with Gasteiger partial charge in [-0.25, -0.2) is 0 Å². The van der Waals surface area contributed by atoms with Gasteiger partial charge in [-0.05, 0) is 48.6 Å². The van der Waals surface area contributed by atoms with E-state index in [1.807, 2.05) is 65.6 Å². The summed E-state index contributed by atoms with van der Waals surface area (Å²) in [7, 11) is 0. The summed E-state index contributed by atoms with van der Waals surface area (Å²) < 4.78 is 0. The van der Waals surface area contributed by atoms with Crippen LogP contribution in [0.1, 0.15) is 55.2 Å². The van der Waals surface area contributed by atoms with Gasteiger partial charge in [-0.1, -0.05) is 92.1 Å². The molecule has 194 valence electrons. The highest BCUT2D eigenvalue weighted by Crippen LogP contribution is 2.23. The van der Waals surface area contributed by atoms with Gasteiger partial charge in [0.1, 0.15) is 6.04 Å². The Balaban J connectivity index is 1.57. The van der Waals surface area contributed by atoms with Crippen LogP contribution < -0.4 is 5.32 Å². The number of nitrogens with one attached hydrogen (secondary N) is 1. The van der Waals surface area contributed by atoms with Crippen molar-refractivity contribution in [3.05, 3.63) is 102 Å². The normalized spacial score (nSPS) is 14.6. The van der Waals surface area contributed by atoms with Crippen LogP contribution in [-0.2, 0) is 22.6 Å². The highest BCUT2D eigenvalue weighted by molar-refractivity contribution is 7.99. The zero-order valence-electron chi connectivity index (χ0n) is 21.8. The Hall–Kier alpha value is -3.05. The van der Waals surface area contributed by atoms with Crippen molar-refractivity contribution in [2.24, 2.45) is 0 Å². The summed E-state index contributed by atoms with van der Waals surface area (Å²) in [5, 5.41) is 3.32. The van der Waals surface area contributed by atoms with Gasteiger partial charge >= 0.3 is 0 Å². The summed E-state index contributed by atoms with van der Waals surface area (Å²) in [6.07, 6.45) is 6.45. The summed E-state index contributed by atoms with van der Waals surface area (Å²) in [5.41, 5.74) is 3.27. The molecule has 1 fully saturated rings. The summed E-state index contributed by atoms with van der Waals surface area (Å²) in [5.74, 6) is 0.662. The number of amides is 2. The van der Waals surface area contributed by atoms with E-state index in [1.54, 1.807) is 11.8 Å². The summed E-state index contributed by atoms with van der Waals surface area (Å²) in [6, 6.07) is 28.0. The first-order chi connectivity index (χ1) is 18.1. The van der Waals surface area contributed by atoms with Crippen molar-refractivity contribution < 1.29 is 9.59 Å². The lowest BCUT2D eigenvalue weighted by molar-refractivity contribution is -0.141. The van der Waals surface area contributed by atoms with E-state index in [9.17, 15) is 9.59 Å². The van der Waals surface area contributed by atoms with Gasteiger partial charge in [-0.15, -0.1) is 11.8 Å². The van der Waals surface area contributed by atoms with Crippen molar-refractivity contribution in [2.75, 3.05) is 5.75 Å². The van der Waals surface area contributed by atoms with E-state index in [4.69, 9.17) is 0 Å². The van der Waals surface area contributed by atoms with Crippen molar-refractivity contribution in [2.45, 2.75) is 75.4 Å². The molecular formula is C32H38N2O2S. The molecule has 3 aromatic rings. The fourth-order valence-corrected chi connectivity index (χ4v) is 5.85. The standard InChI is InChI=1S/C32H38N2O2S/c1-25-13-11-12-16-27(25)24-34(31(35)21-22-37-29-19-9-4-10-20-29)30(23-26-14-5-2-6-15-26)32(36)33-28-17-7-3-8-18-28/h2,4-6,9-16,19-20,28,30H,3,7-8,17-18,21-24H2,1H3,(H,33,36). The van der Waals surface area contributed by atoms with Gasteiger partial charge in [0.15, 0.2) is 0 Å². The van der Waals surface area contributed by atoms with Crippen LogP contribution >= 0.6 is 11.8 Å². The van der Waals surface area contributed by atoms with Gasteiger partial charge in [0.2, 0.25) is 11.8 Å². The average Bonchev–Trinajstić information content (AvgIpc) is 2.93. The summed E-state index contributed by atoms with van der Waals surface area (Å²) in [6.45, 7) is 2.49. The summed E-state index contributed by atoms with van der Waals surface area (Å²) >= 11 is 1.68. The van der Waals surface area contributed by atoms with E-state index < -0.39 is 6.04 Å². The molecule has 0 bridgehead atoms. The van der Waals surface area contributed by atoms with Crippen LogP contribution in [0.4, 0.5) is 0 Å². The van der Waals surface area contributed by atoms with Gasteiger partial charge in [-0.2, -0.15) is 0 Å². The molecule has 37 heavy (non-hydrogen) atoms. The quantitative estimate of drug-likeness (QED) is 0.295. The van der Waals surface area contributed by atoms with Crippen LogP contribution in [0.25, 0.3) is 0 Å². The van der Waals surface area contributed by atoms with Crippen molar-refractivity contribution in [3.63, 3.8) is 0 Å². The first kappa shape index (κ1) is 27.0. The Bertz CT molecular complexity index is 1130. The first-order valence-electron chi connectivity index (χ1n) is 13.5. The molecule has 4 nitrogen and oxygen atoms in total. The molecule has 1 unspecified atom stereocenters. The van der Waals surface area contributed by atoms with E-state index in [1.165, 1.54) is 6.42 Å². The van der Waals surface area contributed by atoms with Gasteiger partial charge < -0.3 is 10.2 Å². The molecular weight excluding hydrogens is 476 g/mol. The maximum atomic E-state index is 13.8. The van der Waals surface area contributed by atoms with Crippen LogP contribution in [0, 0.1) is 6.92 Å². The minimum atomic E-state index is -0.557. The Morgan fingerprint density at radius 3 is 2.24 bits per heavy atom. The molecule has 2 amide bonds. The van der Waals surface area contributed by atoms with Crippen LogP contribution in [0.3, 0.4) is 0 Å². The van der Waals surface area contributed by atoms with E-state index in [-0.39, 0.29) is 17.9 Å². The van der Waals surface area contributed by atoms with Crippen LogP contribution in [0.15, 0.2) is 89.8 Å². The van der Waals surface area contributed by atoms with Crippen LogP contribution in [0.2, 0.25) is 0 Å². The number of aryl methyl sites for hydroxylation is 1. The number of rotatable bonds is 11. The second-order valence-corrected chi connectivity index (χ2v) is 11.1. The molecule has 3 aromatic carbocycles. The molecule has 1 aliphatic carbocycles. The van der Waals surface area contributed by atoms with Gasteiger partial charge in [0.25, 0.3) is 0 Å². The third-order valence-corrected chi connectivity index (χ3v) is 8.17. The molecule has 1 saturated carbocycles. The lowest BCUT2D eigenvalue weighted by atomic mass is 9.94. The predicted molar refractivity (Wildman–Crippen MR) is 152 cm³/mol. The first-order valence-corrected chi connectivity index (χ1v) is 14.4. The van der Waals surface area contributed by atoms with Gasteiger partial charge in [0.05, 0.1) is 0 Å². The second-order valence-electron chi connectivity index (χ2n) is 9.91. The highest BCUT2D eigenvalue weighted by Gasteiger charge is 2.32. The Morgan fingerprint density at radius 1 is 0.892 bits per heavy atom. The van der Waals surface area contributed by atoms with Crippen molar-refractivity contribution in [1.82, 2.24) is 10.2 Å². The fraction of sp³-hybridized carbons (Fsp3) is 0.375. The van der Waals surface area contributed by atoms with Gasteiger partial charge in [0, 0.05) is 36.1 Å². The Labute approximate surface area is 225 Å². The van der Waals surface area contributed by atoms with E-state index in [2.05, 4.69) is 36.5 Å². The minimum Gasteiger partial charge on any atom is -0.352 e. The lowest BCUT2D eigenvalue weighted by Crippen LogP contribution is -2.53. The molecule has 1 atom stereocenters. The number of hydrogen-bond acceptors (Lipinski definition) is 3. The SMILES string of the molecule is Cc1ccccc1CN(C(=O)CCSc1ccccc1)C(Cc1ccccc1)C(=O)NC1CCCCC1. The van der Waals surface area contributed by atoms with Crippen LogP contribution in [-0.4, -0.2) is 34.6 Å². The monoisotopic (exact) mass is 514 g/mol. The highest BCUT2D eigenvalue weighted by atomic mass is 32.2. The van der Waals surface area contributed by atoms with Crippen LogP contribution in [0.5, 0.6) is 0 Å². The van der Waals surface area contributed by atoms with E-state index in [0.29, 0.717) is 25.1 Å². The van der Waals surface area contributed by atoms with Gasteiger partial charge in [-0.3, -0.25) is 9.59 Å². The molecule has 1 aliphatic rings. The largest absolute Gasteiger partial charge is 0.352 e. The van der Waals surface area contributed by atoms with E-state index in [0.717, 1.165) is 47.3 Å². The van der Waals surface area contributed by atoms with E-state index >= 15 is 0 Å². The minimum absolute atomic E-state index is 0.0198.